The topological polar surface area (TPSA) is 58.6 Å². The molecule has 6 nitrogen and oxygen atoms in total. The Bertz CT molecular complexity index is 639. The van der Waals surface area contributed by atoms with E-state index in [1.807, 2.05) is 42.2 Å². The van der Waals surface area contributed by atoms with Crippen LogP contribution in [0.25, 0.3) is 0 Å². The quantitative estimate of drug-likeness (QED) is 0.865. The molecule has 1 aliphatic rings. The van der Waals surface area contributed by atoms with E-state index in [9.17, 15) is 4.79 Å². The van der Waals surface area contributed by atoms with E-state index >= 15 is 0 Å². The highest BCUT2D eigenvalue weighted by Gasteiger charge is 2.19. The van der Waals surface area contributed by atoms with E-state index in [1.54, 1.807) is 17.3 Å². The molecule has 0 unspecified atom stereocenters. The van der Waals surface area contributed by atoms with Gasteiger partial charge in [0.1, 0.15) is 0 Å². The summed E-state index contributed by atoms with van der Waals surface area (Å²) in [5.74, 6) is 0.555. The summed E-state index contributed by atoms with van der Waals surface area (Å²) >= 11 is 0. The number of carbonyl (C=O) groups excluding carboxylic acids is 1. The van der Waals surface area contributed by atoms with Crippen molar-refractivity contribution in [3.05, 3.63) is 48.3 Å². The number of carbonyl (C=O) groups is 1. The van der Waals surface area contributed by atoms with Gasteiger partial charge < -0.3 is 14.5 Å². The van der Waals surface area contributed by atoms with E-state index in [4.69, 9.17) is 4.74 Å². The summed E-state index contributed by atoms with van der Waals surface area (Å²) in [4.78, 5) is 24.9. The number of morpholine rings is 1. The van der Waals surface area contributed by atoms with E-state index in [0.29, 0.717) is 37.8 Å². The van der Waals surface area contributed by atoms with Gasteiger partial charge in [-0.2, -0.15) is 0 Å². The Morgan fingerprint density at radius 3 is 2.43 bits per heavy atom. The van der Waals surface area contributed by atoms with Crippen molar-refractivity contribution in [2.45, 2.75) is 6.92 Å². The molecule has 1 aromatic heterocycles. The van der Waals surface area contributed by atoms with Crippen LogP contribution in [-0.4, -0.2) is 53.6 Å². The van der Waals surface area contributed by atoms with Gasteiger partial charge in [-0.3, -0.25) is 4.79 Å². The van der Waals surface area contributed by atoms with Gasteiger partial charge in [-0.15, -0.1) is 0 Å². The summed E-state index contributed by atoms with van der Waals surface area (Å²) < 4.78 is 5.27. The van der Waals surface area contributed by atoms with Crippen LogP contribution < -0.4 is 4.90 Å². The molecule has 0 radical (unpaired) electrons. The minimum atomic E-state index is -0.0393. The predicted octanol–water partition coefficient (Wildman–Crippen LogP) is 2.11. The van der Waals surface area contributed by atoms with Crippen LogP contribution in [0.1, 0.15) is 17.3 Å². The van der Waals surface area contributed by atoms with Crippen LogP contribution >= 0.6 is 0 Å². The Kier molecular flexibility index (Phi) is 4.83. The Balaban J connectivity index is 1.77. The highest BCUT2D eigenvalue weighted by Crippen LogP contribution is 2.21. The molecule has 23 heavy (non-hydrogen) atoms. The minimum Gasteiger partial charge on any atom is -0.378 e. The first-order chi connectivity index (χ1) is 11.3. The monoisotopic (exact) mass is 312 g/mol. The fourth-order valence-electron chi connectivity index (χ4n) is 2.57. The Labute approximate surface area is 135 Å². The number of aromatic nitrogens is 2. The lowest BCUT2D eigenvalue weighted by atomic mass is 10.2. The Morgan fingerprint density at radius 1 is 1.17 bits per heavy atom. The van der Waals surface area contributed by atoms with E-state index in [2.05, 4.69) is 9.97 Å². The lowest BCUT2D eigenvalue weighted by molar-refractivity contribution is 0.0302. The van der Waals surface area contributed by atoms with Gasteiger partial charge in [0.05, 0.1) is 18.8 Å². The van der Waals surface area contributed by atoms with Gasteiger partial charge in [-0.1, -0.05) is 18.2 Å². The second kappa shape index (κ2) is 7.19. The molecule has 2 heterocycles. The molecule has 3 rings (SSSR count). The molecular formula is C17H20N4O2. The number of hydrogen-bond donors (Lipinski definition) is 0. The molecule has 120 valence electrons. The predicted molar refractivity (Wildman–Crippen MR) is 87.9 cm³/mol. The molecule has 1 fully saturated rings. The molecule has 0 saturated carbocycles. The normalized spacial score (nSPS) is 14.6. The largest absolute Gasteiger partial charge is 0.378 e. The Morgan fingerprint density at radius 2 is 1.83 bits per heavy atom. The number of hydrogen-bond acceptors (Lipinski definition) is 5. The molecule has 1 saturated heterocycles. The third-order valence-electron chi connectivity index (χ3n) is 3.81. The molecule has 0 N–H and O–H groups in total. The highest BCUT2D eigenvalue weighted by atomic mass is 16.5. The van der Waals surface area contributed by atoms with Crippen LogP contribution in [0.4, 0.5) is 11.6 Å². The fraction of sp³-hybridized carbons (Fsp3) is 0.353. The number of para-hydroxylation sites is 1. The molecule has 0 atom stereocenters. The number of amides is 1. The molecule has 2 aromatic rings. The molecule has 1 aliphatic heterocycles. The zero-order valence-electron chi connectivity index (χ0n) is 13.2. The molecule has 0 bridgehead atoms. The summed E-state index contributed by atoms with van der Waals surface area (Å²) in [5, 5.41) is 0. The van der Waals surface area contributed by atoms with Crippen molar-refractivity contribution >= 4 is 17.5 Å². The average molecular weight is 312 g/mol. The van der Waals surface area contributed by atoms with Crippen LogP contribution in [0.15, 0.2) is 42.7 Å². The lowest BCUT2D eigenvalue weighted by Gasteiger charge is -2.27. The molecule has 0 aliphatic carbocycles. The minimum absolute atomic E-state index is 0.0393. The van der Waals surface area contributed by atoms with Gasteiger partial charge in [0.25, 0.3) is 5.91 Å². The first-order valence-corrected chi connectivity index (χ1v) is 7.81. The summed E-state index contributed by atoms with van der Waals surface area (Å²) in [5.41, 5.74) is 1.54. The maximum absolute atomic E-state index is 12.4. The SMILES string of the molecule is CCN(c1ccccc1)c1ncc(C(=O)N2CCOCC2)cn1. The van der Waals surface area contributed by atoms with Gasteiger partial charge in [0, 0.05) is 37.7 Å². The summed E-state index contributed by atoms with van der Waals surface area (Å²) in [6, 6.07) is 9.96. The zero-order chi connectivity index (χ0) is 16.1. The number of nitrogens with zero attached hydrogens (tertiary/aromatic N) is 4. The second-order valence-electron chi connectivity index (χ2n) is 5.26. The van der Waals surface area contributed by atoms with E-state index in [1.165, 1.54) is 0 Å². The molecule has 1 amide bonds. The van der Waals surface area contributed by atoms with Crippen LogP contribution in [0, 0.1) is 0 Å². The second-order valence-corrected chi connectivity index (χ2v) is 5.26. The van der Waals surface area contributed by atoms with Crippen LogP contribution in [0.2, 0.25) is 0 Å². The van der Waals surface area contributed by atoms with Crippen LogP contribution in [0.3, 0.4) is 0 Å². The molecular weight excluding hydrogens is 292 g/mol. The lowest BCUT2D eigenvalue weighted by Crippen LogP contribution is -2.40. The van der Waals surface area contributed by atoms with E-state index < -0.39 is 0 Å². The van der Waals surface area contributed by atoms with E-state index in [0.717, 1.165) is 12.2 Å². The number of benzene rings is 1. The number of anilines is 2. The summed E-state index contributed by atoms with van der Waals surface area (Å²) in [6.07, 6.45) is 3.21. The molecule has 1 aromatic carbocycles. The van der Waals surface area contributed by atoms with Crippen molar-refractivity contribution in [3.8, 4) is 0 Å². The highest BCUT2D eigenvalue weighted by molar-refractivity contribution is 5.93. The van der Waals surface area contributed by atoms with Gasteiger partial charge in [-0.05, 0) is 19.1 Å². The van der Waals surface area contributed by atoms with Crippen molar-refractivity contribution in [1.29, 1.82) is 0 Å². The third kappa shape index (κ3) is 3.48. The first-order valence-electron chi connectivity index (χ1n) is 7.81. The smallest absolute Gasteiger partial charge is 0.257 e. The van der Waals surface area contributed by atoms with Crippen molar-refractivity contribution in [3.63, 3.8) is 0 Å². The van der Waals surface area contributed by atoms with Crippen molar-refractivity contribution in [1.82, 2.24) is 14.9 Å². The van der Waals surface area contributed by atoms with Gasteiger partial charge in [0.2, 0.25) is 5.95 Å². The van der Waals surface area contributed by atoms with Crippen molar-refractivity contribution in [2.75, 3.05) is 37.7 Å². The van der Waals surface area contributed by atoms with Gasteiger partial charge in [0.15, 0.2) is 0 Å². The Hall–Kier alpha value is -2.47. The van der Waals surface area contributed by atoms with Gasteiger partial charge >= 0.3 is 0 Å². The fourth-order valence-corrected chi connectivity index (χ4v) is 2.57. The zero-order valence-corrected chi connectivity index (χ0v) is 13.2. The van der Waals surface area contributed by atoms with E-state index in [-0.39, 0.29) is 5.91 Å². The van der Waals surface area contributed by atoms with Crippen LogP contribution in [-0.2, 0) is 4.74 Å². The summed E-state index contributed by atoms with van der Waals surface area (Å²) in [7, 11) is 0. The summed E-state index contributed by atoms with van der Waals surface area (Å²) in [6.45, 7) is 5.20. The van der Waals surface area contributed by atoms with Crippen LogP contribution in [0.5, 0.6) is 0 Å². The maximum Gasteiger partial charge on any atom is 0.257 e. The maximum atomic E-state index is 12.4. The molecule has 6 heteroatoms. The number of ether oxygens (including phenoxy) is 1. The third-order valence-corrected chi connectivity index (χ3v) is 3.81. The van der Waals surface area contributed by atoms with Crippen molar-refractivity contribution in [2.24, 2.45) is 0 Å². The van der Waals surface area contributed by atoms with Crippen molar-refractivity contribution < 1.29 is 9.53 Å². The van der Waals surface area contributed by atoms with Gasteiger partial charge in [-0.25, -0.2) is 9.97 Å². The first kappa shape index (κ1) is 15.4. The number of rotatable bonds is 4. The standard InChI is InChI=1S/C17H20N4O2/c1-2-21(15-6-4-3-5-7-15)17-18-12-14(13-19-17)16(22)20-8-10-23-11-9-20/h3-7,12-13H,2,8-11H2,1H3. The molecule has 0 spiro atoms. The average Bonchev–Trinajstić information content (AvgIpc) is 2.64.